The van der Waals surface area contributed by atoms with Gasteiger partial charge in [0.1, 0.15) is 11.2 Å². The Hall–Kier alpha value is -8.26. The minimum atomic E-state index is 0.0293. The number of benzene rings is 11. The molecule has 0 aliphatic carbocycles. The van der Waals surface area contributed by atoms with Gasteiger partial charge in [0.2, 0.25) is 0 Å². The highest BCUT2D eigenvalue weighted by molar-refractivity contribution is 6.09. The monoisotopic (exact) mass is 814 g/mol. The Morgan fingerprint density at radius 3 is 1.06 bits per heavy atom. The van der Waals surface area contributed by atoms with Crippen LogP contribution in [0.2, 0.25) is 0 Å². The fourth-order valence-corrected chi connectivity index (χ4v) is 9.78. The van der Waals surface area contributed by atoms with Crippen LogP contribution < -0.4 is 0 Å². The first-order chi connectivity index (χ1) is 31.7. The van der Waals surface area contributed by atoms with E-state index < -0.39 is 0 Å². The lowest BCUT2D eigenvalue weighted by Crippen LogP contribution is -2.03. The molecule has 1 aromatic heterocycles. The van der Waals surface area contributed by atoms with Crippen molar-refractivity contribution in [1.29, 1.82) is 0 Å². The third-order valence-corrected chi connectivity index (χ3v) is 13.1. The molecule has 0 saturated heterocycles. The maximum atomic E-state index is 6.44. The molecule has 0 N–H and O–H groups in total. The van der Waals surface area contributed by atoms with Crippen molar-refractivity contribution in [3.63, 3.8) is 0 Å². The van der Waals surface area contributed by atoms with Crippen molar-refractivity contribution < 1.29 is 4.42 Å². The summed E-state index contributed by atoms with van der Waals surface area (Å²) in [5, 5.41) is 7.35. The Balaban J connectivity index is 0.879. The van der Waals surface area contributed by atoms with Gasteiger partial charge in [-0.25, -0.2) is 0 Å². The van der Waals surface area contributed by atoms with Crippen molar-refractivity contribution >= 4 is 43.5 Å². The largest absolute Gasteiger partial charge is 0.455 e. The standard InChI is InChI=1S/C63H42O/c1-3-14-54-46(10-1)12-7-17-56(54)48-30-22-42(23-31-48)44-26-36-51(37-27-44)62(53-40-34-50(35-41-53)58-19-9-20-60-59-16-5-6-21-61(59)64-63(58)60)52-38-28-45(29-39-52)43-24-32-49(33-25-43)57-18-8-13-47-11-2-4-15-55(47)57/h1-41,62H. The Morgan fingerprint density at radius 2 is 0.562 bits per heavy atom. The van der Waals surface area contributed by atoms with Gasteiger partial charge >= 0.3 is 0 Å². The molecule has 0 aliphatic heterocycles. The van der Waals surface area contributed by atoms with Crippen molar-refractivity contribution in [2.24, 2.45) is 0 Å². The van der Waals surface area contributed by atoms with Gasteiger partial charge in [-0.1, -0.05) is 243 Å². The van der Waals surface area contributed by atoms with E-state index in [1.165, 1.54) is 82.7 Å². The molecule has 0 bridgehead atoms. The van der Waals surface area contributed by atoms with Crippen LogP contribution in [0.3, 0.4) is 0 Å². The van der Waals surface area contributed by atoms with Crippen LogP contribution >= 0.6 is 0 Å². The first kappa shape index (κ1) is 37.5. The molecule has 64 heavy (non-hydrogen) atoms. The Morgan fingerprint density at radius 1 is 0.234 bits per heavy atom. The predicted molar refractivity (Wildman–Crippen MR) is 270 cm³/mol. The maximum absolute atomic E-state index is 6.44. The quantitative estimate of drug-likeness (QED) is 0.139. The lowest BCUT2D eigenvalue weighted by molar-refractivity contribution is 0.670. The molecule has 11 aromatic carbocycles. The number of furan rings is 1. The van der Waals surface area contributed by atoms with Crippen LogP contribution in [0.1, 0.15) is 22.6 Å². The van der Waals surface area contributed by atoms with E-state index in [4.69, 9.17) is 4.42 Å². The van der Waals surface area contributed by atoms with E-state index in [1.54, 1.807) is 0 Å². The fourth-order valence-electron chi connectivity index (χ4n) is 9.78. The molecule has 300 valence electrons. The van der Waals surface area contributed by atoms with E-state index in [-0.39, 0.29) is 5.92 Å². The zero-order chi connectivity index (χ0) is 42.4. The highest BCUT2D eigenvalue weighted by Crippen LogP contribution is 2.40. The highest BCUT2D eigenvalue weighted by atomic mass is 16.3. The number of hydrogen-bond donors (Lipinski definition) is 0. The third kappa shape index (κ3) is 6.76. The summed E-state index contributed by atoms with van der Waals surface area (Å²) in [6.45, 7) is 0. The zero-order valence-electron chi connectivity index (χ0n) is 35.2. The molecule has 0 aliphatic rings. The maximum Gasteiger partial charge on any atom is 0.143 e. The second kappa shape index (κ2) is 15.9. The first-order valence-corrected chi connectivity index (χ1v) is 22.1. The minimum absolute atomic E-state index is 0.0293. The van der Waals surface area contributed by atoms with Gasteiger partial charge in [-0.15, -0.1) is 0 Å². The molecule has 0 unspecified atom stereocenters. The topological polar surface area (TPSA) is 13.1 Å². The molecule has 1 heteroatoms. The van der Waals surface area contributed by atoms with Gasteiger partial charge in [0.25, 0.3) is 0 Å². The Bertz CT molecular complexity index is 3440. The molecule has 0 amide bonds. The second-order valence-electron chi connectivity index (χ2n) is 16.8. The smallest absolute Gasteiger partial charge is 0.143 e. The number of rotatable bonds is 8. The summed E-state index contributed by atoms with van der Waals surface area (Å²) in [6.07, 6.45) is 0. The summed E-state index contributed by atoms with van der Waals surface area (Å²) in [6, 6.07) is 90.5. The summed E-state index contributed by atoms with van der Waals surface area (Å²) in [5.41, 5.74) is 17.6. The van der Waals surface area contributed by atoms with E-state index in [9.17, 15) is 0 Å². The zero-order valence-corrected chi connectivity index (χ0v) is 35.2. The SMILES string of the molecule is c1ccc2c(-c3ccc(-c4ccc(C(c5ccc(-c6ccc(-c7cccc8ccccc78)cc6)cc5)c5ccc(-c6cccc7c6oc6ccccc67)cc5)cc4)cc3)cccc2c1. The van der Waals surface area contributed by atoms with Crippen molar-refractivity contribution in [2.45, 2.75) is 5.92 Å². The van der Waals surface area contributed by atoms with Crippen LogP contribution in [-0.4, -0.2) is 0 Å². The van der Waals surface area contributed by atoms with Crippen LogP contribution in [0.15, 0.2) is 253 Å². The molecular formula is C63H42O. The van der Waals surface area contributed by atoms with Gasteiger partial charge in [-0.3, -0.25) is 0 Å². The Kier molecular flexibility index (Phi) is 9.31. The molecule has 12 aromatic rings. The lowest BCUT2D eigenvalue weighted by atomic mass is 9.83. The fraction of sp³-hybridized carbons (Fsp3) is 0.0159. The summed E-state index contributed by atoms with van der Waals surface area (Å²) in [7, 11) is 0. The van der Waals surface area contributed by atoms with Crippen LogP contribution in [0, 0.1) is 0 Å². The molecule has 0 atom stereocenters. The van der Waals surface area contributed by atoms with Crippen molar-refractivity contribution in [1.82, 2.24) is 0 Å². The summed E-state index contributed by atoms with van der Waals surface area (Å²) in [4.78, 5) is 0. The average molecular weight is 815 g/mol. The molecule has 0 fully saturated rings. The lowest BCUT2D eigenvalue weighted by Gasteiger charge is -2.20. The van der Waals surface area contributed by atoms with Gasteiger partial charge in [0, 0.05) is 22.3 Å². The van der Waals surface area contributed by atoms with Crippen LogP contribution in [0.5, 0.6) is 0 Å². The number of para-hydroxylation sites is 2. The van der Waals surface area contributed by atoms with Crippen LogP contribution in [0.4, 0.5) is 0 Å². The van der Waals surface area contributed by atoms with Crippen LogP contribution in [0.25, 0.3) is 99.1 Å². The van der Waals surface area contributed by atoms with Crippen molar-refractivity contribution in [3.05, 3.63) is 265 Å². The number of hydrogen-bond acceptors (Lipinski definition) is 1. The van der Waals surface area contributed by atoms with Gasteiger partial charge < -0.3 is 4.42 Å². The molecular weight excluding hydrogens is 773 g/mol. The van der Waals surface area contributed by atoms with E-state index in [0.29, 0.717) is 0 Å². The van der Waals surface area contributed by atoms with Gasteiger partial charge in [-0.05, 0) is 94.4 Å². The molecule has 0 saturated carbocycles. The summed E-state index contributed by atoms with van der Waals surface area (Å²) >= 11 is 0. The van der Waals surface area contributed by atoms with E-state index in [1.807, 2.05) is 12.1 Å². The van der Waals surface area contributed by atoms with Crippen LogP contribution in [-0.2, 0) is 0 Å². The molecule has 1 heterocycles. The van der Waals surface area contributed by atoms with Gasteiger partial charge in [-0.2, -0.15) is 0 Å². The average Bonchev–Trinajstić information content (AvgIpc) is 3.76. The molecule has 12 rings (SSSR count). The highest BCUT2D eigenvalue weighted by Gasteiger charge is 2.19. The second-order valence-corrected chi connectivity index (χ2v) is 16.8. The van der Waals surface area contributed by atoms with Crippen molar-refractivity contribution in [2.75, 3.05) is 0 Å². The van der Waals surface area contributed by atoms with Crippen molar-refractivity contribution in [3.8, 4) is 55.6 Å². The first-order valence-electron chi connectivity index (χ1n) is 22.1. The van der Waals surface area contributed by atoms with Gasteiger partial charge in [0.05, 0.1) is 0 Å². The normalized spacial score (nSPS) is 11.6. The predicted octanol–water partition coefficient (Wildman–Crippen LogP) is 17.4. The van der Waals surface area contributed by atoms with E-state index in [0.717, 1.165) is 33.1 Å². The number of fused-ring (bicyclic) bond motifs is 5. The minimum Gasteiger partial charge on any atom is -0.455 e. The summed E-state index contributed by atoms with van der Waals surface area (Å²) in [5.74, 6) is 0.0293. The molecule has 1 nitrogen and oxygen atoms in total. The summed E-state index contributed by atoms with van der Waals surface area (Å²) < 4.78 is 6.44. The Labute approximate surface area is 373 Å². The van der Waals surface area contributed by atoms with E-state index >= 15 is 0 Å². The van der Waals surface area contributed by atoms with E-state index in [2.05, 4.69) is 237 Å². The third-order valence-electron chi connectivity index (χ3n) is 13.1. The molecule has 0 spiro atoms. The molecule has 0 radical (unpaired) electrons. The van der Waals surface area contributed by atoms with Gasteiger partial charge in [0.15, 0.2) is 0 Å².